The SMILES string of the molecule is CCOCC(=O)N1CC[C@@H](Oc2nccnc2OC)C1. The number of nitrogens with zero attached hydrogens (tertiary/aromatic N) is 3. The fraction of sp³-hybridized carbons (Fsp3) is 0.615. The van der Waals surface area contributed by atoms with Crippen molar-refractivity contribution < 1.29 is 19.0 Å². The summed E-state index contributed by atoms with van der Waals surface area (Å²) in [5.74, 6) is 0.703. The molecule has 1 aliphatic rings. The molecule has 0 aromatic carbocycles. The summed E-state index contributed by atoms with van der Waals surface area (Å²) in [6, 6.07) is 0. The molecule has 1 aromatic heterocycles. The largest absolute Gasteiger partial charge is 0.477 e. The molecule has 1 aromatic rings. The number of carbonyl (C=O) groups is 1. The number of aromatic nitrogens is 2. The van der Waals surface area contributed by atoms with E-state index in [1.165, 1.54) is 13.3 Å². The second-order valence-electron chi connectivity index (χ2n) is 4.38. The van der Waals surface area contributed by atoms with E-state index in [9.17, 15) is 4.79 Å². The fourth-order valence-electron chi connectivity index (χ4n) is 2.02. The van der Waals surface area contributed by atoms with Gasteiger partial charge in [-0.1, -0.05) is 0 Å². The average Bonchev–Trinajstić information content (AvgIpc) is 2.94. The second-order valence-corrected chi connectivity index (χ2v) is 4.38. The van der Waals surface area contributed by atoms with Gasteiger partial charge >= 0.3 is 0 Å². The van der Waals surface area contributed by atoms with Crippen molar-refractivity contribution in [1.29, 1.82) is 0 Å². The Balaban J connectivity index is 1.88. The molecule has 7 nitrogen and oxygen atoms in total. The van der Waals surface area contributed by atoms with Crippen LogP contribution in [0.3, 0.4) is 0 Å². The third-order valence-corrected chi connectivity index (χ3v) is 3.03. The Morgan fingerprint density at radius 3 is 2.85 bits per heavy atom. The number of ether oxygens (including phenoxy) is 3. The van der Waals surface area contributed by atoms with Gasteiger partial charge in [0.05, 0.1) is 13.7 Å². The summed E-state index contributed by atoms with van der Waals surface area (Å²) in [7, 11) is 1.52. The molecule has 2 rings (SSSR count). The first-order valence-electron chi connectivity index (χ1n) is 6.61. The van der Waals surface area contributed by atoms with Gasteiger partial charge in [0.2, 0.25) is 5.91 Å². The first-order chi connectivity index (χ1) is 9.74. The molecule has 0 spiro atoms. The van der Waals surface area contributed by atoms with Crippen molar-refractivity contribution in [3.63, 3.8) is 0 Å². The molecule has 1 atom stereocenters. The molecule has 0 radical (unpaired) electrons. The molecule has 1 saturated heterocycles. The van der Waals surface area contributed by atoms with Crippen molar-refractivity contribution >= 4 is 5.91 Å². The molecule has 1 aliphatic heterocycles. The lowest BCUT2D eigenvalue weighted by Gasteiger charge is -2.17. The maximum atomic E-state index is 11.8. The van der Waals surface area contributed by atoms with Gasteiger partial charge in [-0.25, -0.2) is 9.97 Å². The number of hydrogen-bond acceptors (Lipinski definition) is 6. The molecule has 110 valence electrons. The van der Waals surface area contributed by atoms with Gasteiger partial charge in [-0.15, -0.1) is 0 Å². The van der Waals surface area contributed by atoms with Crippen LogP contribution in [0.2, 0.25) is 0 Å². The van der Waals surface area contributed by atoms with Crippen LogP contribution in [0.15, 0.2) is 12.4 Å². The number of carbonyl (C=O) groups excluding carboxylic acids is 1. The molecule has 2 heterocycles. The van der Waals surface area contributed by atoms with Gasteiger partial charge in [0.15, 0.2) is 0 Å². The van der Waals surface area contributed by atoms with Crippen LogP contribution in [-0.4, -0.2) is 60.3 Å². The maximum absolute atomic E-state index is 11.8. The zero-order valence-electron chi connectivity index (χ0n) is 11.7. The zero-order chi connectivity index (χ0) is 14.4. The molecule has 1 amide bonds. The highest BCUT2D eigenvalue weighted by Crippen LogP contribution is 2.23. The molecular weight excluding hydrogens is 262 g/mol. The van der Waals surface area contributed by atoms with E-state index in [1.54, 1.807) is 11.1 Å². The summed E-state index contributed by atoms with van der Waals surface area (Å²) in [6.07, 6.45) is 3.76. The Morgan fingerprint density at radius 1 is 1.40 bits per heavy atom. The molecule has 1 fully saturated rings. The third kappa shape index (κ3) is 3.57. The lowest BCUT2D eigenvalue weighted by molar-refractivity contribution is -0.135. The third-order valence-electron chi connectivity index (χ3n) is 3.03. The normalized spacial score (nSPS) is 18.1. The van der Waals surface area contributed by atoms with E-state index in [0.29, 0.717) is 31.5 Å². The van der Waals surface area contributed by atoms with Crippen LogP contribution >= 0.6 is 0 Å². The molecule has 0 saturated carbocycles. The minimum absolute atomic E-state index is 0.0101. The van der Waals surface area contributed by atoms with Gasteiger partial charge in [-0.2, -0.15) is 0 Å². The Labute approximate surface area is 117 Å². The Bertz CT molecular complexity index is 455. The van der Waals surface area contributed by atoms with E-state index in [2.05, 4.69) is 9.97 Å². The highest BCUT2D eigenvalue weighted by molar-refractivity contribution is 5.77. The molecule has 20 heavy (non-hydrogen) atoms. The molecule has 0 aliphatic carbocycles. The van der Waals surface area contributed by atoms with E-state index in [1.807, 2.05) is 6.92 Å². The highest BCUT2D eigenvalue weighted by atomic mass is 16.5. The smallest absolute Gasteiger partial charge is 0.278 e. The van der Waals surface area contributed by atoms with Crippen LogP contribution in [0.5, 0.6) is 11.8 Å². The van der Waals surface area contributed by atoms with Crippen LogP contribution in [0.25, 0.3) is 0 Å². The van der Waals surface area contributed by atoms with E-state index in [0.717, 1.165) is 6.42 Å². The zero-order valence-corrected chi connectivity index (χ0v) is 11.7. The average molecular weight is 281 g/mol. The van der Waals surface area contributed by atoms with Crippen LogP contribution in [0.1, 0.15) is 13.3 Å². The quantitative estimate of drug-likeness (QED) is 0.756. The van der Waals surface area contributed by atoms with E-state index in [-0.39, 0.29) is 18.6 Å². The van der Waals surface area contributed by atoms with Crippen LogP contribution in [0.4, 0.5) is 0 Å². The highest BCUT2D eigenvalue weighted by Gasteiger charge is 2.28. The van der Waals surface area contributed by atoms with Crippen molar-refractivity contribution in [2.45, 2.75) is 19.4 Å². The molecule has 0 N–H and O–H groups in total. The van der Waals surface area contributed by atoms with Gasteiger partial charge in [0.1, 0.15) is 12.7 Å². The summed E-state index contributed by atoms with van der Waals surface area (Å²) >= 11 is 0. The summed E-state index contributed by atoms with van der Waals surface area (Å²) in [6.45, 7) is 3.72. The van der Waals surface area contributed by atoms with Crippen molar-refractivity contribution in [3.05, 3.63) is 12.4 Å². The van der Waals surface area contributed by atoms with Gasteiger partial charge in [-0.05, 0) is 6.92 Å². The summed E-state index contributed by atoms with van der Waals surface area (Å²) in [5.41, 5.74) is 0. The summed E-state index contributed by atoms with van der Waals surface area (Å²) in [5, 5.41) is 0. The molecular formula is C13H19N3O4. The Hall–Kier alpha value is -1.89. The first kappa shape index (κ1) is 14.5. The van der Waals surface area contributed by atoms with Crippen LogP contribution in [0, 0.1) is 0 Å². The summed E-state index contributed by atoms with van der Waals surface area (Å²) in [4.78, 5) is 21.7. The minimum Gasteiger partial charge on any atom is -0.477 e. The minimum atomic E-state index is -0.0915. The number of rotatable bonds is 6. The lowest BCUT2D eigenvalue weighted by Crippen LogP contribution is -2.33. The molecule has 0 unspecified atom stereocenters. The Kier molecular flexibility index (Phi) is 5.11. The topological polar surface area (TPSA) is 73.8 Å². The number of hydrogen-bond donors (Lipinski definition) is 0. The van der Waals surface area contributed by atoms with E-state index >= 15 is 0 Å². The van der Waals surface area contributed by atoms with Gasteiger partial charge in [-0.3, -0.25) is 4.79 Å². The number of amides is 1. The van der Waals surface area contributed by atoms with Gasteiger partial charge in [0, 0.05) is 32.0 Å². The number of likely N-dealkylation sites (tertiary alicyclic amines) is 1. The lowest BCUT2D eigenvalue weighted by atomic mass is 10.3. The van der Waals surface area contributed by atoms with E-state index in [4.69, 9.17) is 14.2 Å². The van der Waals surface area contributed by atoms with E-state index < -0.39 is 0 Å². The van der Waals surface area contributed by atoms with Crippen LogP contribution in [-0.2, 0) is 9.53 Å². The van der Waals surface area contributed by atoms with Crippen LogP contribution < -0.4 is 9.47 Å². The predicted octanol–water partition coefficient (Wildman–Crippen LogP) is 0.501. The predicted molar refractivity (Wildman–Crippen MR) is 70.7 cm³/mol. The molecule has 0 bridgehead atoms. The number of methoxy groups -OCH3 is 1. The first-order valence-corrected chi connectivity index (χ1v) is 6.61. The summed E-state index contributed by atoms with van der Waals surface area (Å²) < 4.78 is 16.0. The van der Waals surface area contributed by atoms with Crippen molar-refractivity contribution in [1.82, 2.24) is 14.9 Å². The maximum Gasteiger partial charge on any atom is 0.278 e. The standard InChI is InChI=1S/C13H19N3O4/c1-3-19-9-11(17)16-7-4-10(8-16)20-13-12(18-2)14-5-6-15-13/h5-6,10H,3-4,7-9H2,1-2H3/t10-/m1/s1. The Morgan fingerprint density at radius 2 is 2.15 bits per heavy atom. The second kappa shape index (κ2) is 7.04. The van der Waals surface area contributed by atoms with Crippen molar-refractivity contribution in [3.8, 4) is 11.8 Å². The monoisotopic (exact) mass is 281 g/mol. The molecule has 7 heteroatoms. The van der Waals surface area contributed by atoms with Gasteiger partial charge < -0.3 is 19.1 Å². The van der Waals surface area contributed by atoms with Gasteiger partial charge in [0.25, 0.3) is 11.8 Å². The van der Waals surface area contributed by atoms with Crippen molar-refractivity contribution in [2.75, 3.05) is 33.4 Å². The fourth-order valence-corrected chi connectivity index (χ4v) is 2.02. The van der Waals surface area contributed by atoms with Crippen molar-refractivity contribution in [2.24, 2.45) is 0 Å².